The molecule has 48 heavy (non-hydrogen) atoms. The molecular weight excluding hydrogens is 650 g/mol. The van der Waals surface area contributed by atoms with Gasteiger partial charge in [0.15, 0.2) is 5.82 Å². The maximum Gasteiger partial charge on any atom is 0.410 e. The smallest absolute Gasteiger partial charge is 0.410 e. The first-order chi connectivity index (χ1) is 22.8. The van der Waals surface area contributed by atoms with Crippen molar-refractivity contribution >= 4 is 35.5 Å². The maximum atomic E-state index is 12.9. The average molecular weight is 698 g/mol. The Labute approximate surface area is 292 Å². The summed E-state index contributed by atoms with van der Waals surface area (Å²) in [6.45, 7) is 12.0. The van der Waals surface area contributed by atoms with E-state index >= 15 is 0 Å². The summed E-state index contributed by atoms with van der Waals surface area (Å²) in [6, 6.07) is 7.05. The summed E-state index contributed by atoms with van der Waals surface area (Å²) in [6.07, 6.45) is 12.9. The molecule has 0 radical (unpaired) electrons. The van der Waals surface area contributed by atoms with Crippen molar-refractivity contribution in [2.24, 2.45) is 23.7 Å². The number of pyridine rings is 1. The Morgan fingerprint density at radius 1 is 1.08 bits per heavy atom. The highest BCUT2D eigenvalue weighted by Crippen LogP contribution is 2.50. The predicted molar refractivity (Wildman–Crippen MR) is 185 cm³/mol. The molecule has 3 fully saturated rings. The monoisotopic (exact) mass is 697 g/mol. The molecule has 0 aromatic carbocycles. The van der Waals surface area contributed by atoms with Crippen LogP contribution in [0.25, 0.3) is 5.82 Å². The molecule has 1 atom stereocenters. The summed E-state index contributed by atoms with van der Waals surface area (Å²) in [5.74, 6) is 3.73. The minimum atomic E-state index is -0.511. The Bertz CT molecular complexity index is 1580. The standard InChI is InChI=1S/C35H48ClN7O4S/c1-34(2,3)47-33(45)42-22-23(21-35(42,4)5)7-6-17-41-18-15-30(39-41)48-40-32(44)27-12-13-28(37-31(27)36)43-19-14-29(38-43)46-20-16-26(24-8-9-24)25-10-11-25/h12-15,18-19,23-26H,6-11,16-17,20-22H2,1-5H3,(H,40,44). The molecule has 260 valence electrons. The van der Waals surface area contributed by atoms with Crippen molar-refractivity contribution in [3.8, 4) is 11.7 Å². The third-order valence-electron chi connectivity index (χ3n) is 9.47. The second-order valence-corrected chi connectivity index (χ2v) is 16.3. The van der Waals surface area contributed by atoms with E-state index in [2.05, 4.69) is 33.8 Å². The number of halogens is 1. The number of carbonyl (C=O) groups excluding carboxylic acids is 2. The third-order valence-corrected chi connectivity index (χ3v) is 10.5. The minimum absolute atomic E-state index is 0.0890. The molecule has 2 saturated carbocycles. The van der Waals surface area contributed by atoms with Gasteiger partial charge in [-0.25, -0.2) is 14.5 Å². The van der Waals surface area contributed by atoms with Gasteiger partial charge in [-0.05, 0) is 128 Å². The second kappa shape index (κ2) is 14.3. The zero-order valence-corrected chi connectivity index (χ0v) is 30.2. The van der Waals surface area contributed by atoms with Crippen LogP contribution in [0.15, 0.2) is 41.7 Å². The van der Waals surface area contributed by atoms with E-state index in [0.717, 1.165) is 61.9 Å². The van der Waals surface area contributed by atoms with Crippen LogP contribution in [-0.4, -0.2) is 65.7 Å². The largest absolute Gasteiger partial charge is 0.477 e. The molecule has 2 aliphatic carbocycles. The lowest BCUT2D eigenvalue weighted by Crippen LogP contribution is -2.45. The summed E-state index contributed by atoms with van der Waals surface area (Å²) in [5, 5.41) is 9.86. The van der Waals surface area contributed by atoms with Gasteiger partial charge in [-0.15, -0.1) is 5.10 Å². The van der Waals surface area contributed by atoms with Crippen LogP contribution < -0.4 is 9.46 Å². The van der Waals surface area contributed by atoms with E-state index in [1.54, 1.807) is 23.0 Å². The zero-order valence-electron chi connectivity index (χ0n) is 28.7. The highest BCUT2D eigenvalue weighted by molar-refractivity contribution is 7.97. The summed E-state index contributed by atoms with van der Waals surface area (Å²) in [5.41, 5.74) is -0.477. The Morgan fingerprint density at radius 3 is 2.52 bits per heavy atom. The average Bonchev–Trinajstić information content (AvgIpc) is 3.92. The van der Waals surface area contributed by atoms with Gasteiger partial charge in [0, 0.05) is 49.0 Å². The van der Waals surface area contributed by atoms with Crippen LogP contribution in [0.1, 0.15) is 96.3 Å². The fourth-order valence-corrected chi connectivity index (χ4v) is 7.69. The van der Waals surface area contributed by atoms with Crippen LogP contribution in [0.3, 0.4) is 0 Å². The Balaban J connectivity index is 0.929. The number of hydrogen-bond acceptors (Lipinski definition) is 8. The van der Waals surface area contributed by atoms with E-state index < -0.39 is 5.60 Å². The van der Waals surface area contributed by atoms with Gasteiger partial charge < -0.3 is 14.4 Å². The molecule has 1 N–H and O–H groups in total. The quantitative estimate of drug-likeness (QED) is 0.135. The van der Waals surface area contributed by atoms with Crippen LogP contribution in [0.2, 0.25) is 5.15 Å². The molecule has 0 bridgehead atoms. The second-order valence-electron chi connectivity index (χ2n) is 15.1. The molecule has 13 heteroatoms. The molecular formula is C35H48ClN7O4S. The molecule has 3 aromatic rings. The predicted octanol–water partition coefficient (Wildman–Crippen LogP) is 7.58. The van der Waals surface area contributed by atoms with Gasteiger partial charge in [0.1, 0.15) is 15.8 Å². The number of nitrogens with zero attached hydrogens (tertiary/aromatic N) is 6. The molecule has 3 aromatic heterocycles. The molecule has 1 aliphatic heterocycles. The summed E-state index contributed by atoms with van der Waals surface area (Å²) < 4.78 is 17.9. The van der Waals surface area contributed by atoms with Gasteiger partial charge >= 0.3 is 6.09 Å². The lowest BCUT2D eigenvalue weighted by Gasteiger charge is -2.33. The zero-order chi connectivity index (χ0) is 34.1. The number of carbonyl (C=O) groups is 2. The Morgan fingerprint density at radius 2 is 1.83 bits per heavy atom. The van der Waals surface area contributed by atoms with Crippen LogP contribution in [0, 0.1) is 23.7 Å². The number of ether oxygens (including phenoxy) is 2. The van der Waals surface area contributed by atoms with Crippen LogP contribution in [0.4, 0.5) is 4.79 Å². The van der Waals surface area contributed by atoms with Crippen LogP contribution in [-0.2, 0) is 11.3 Å². The highest BCUT2D eigenvalue weighted by atomic mass is 35.5. The van der Waals surface area contributed by atoms with Gasteiger partial charge in [-0.3, -0.25) is 14.2 Å². The first kappa shape index (κ1) is 34.6. The normalized spacial score (nSPS) is 19.1. The number of hydrogen-bond donors (Lipinski definition) is 1. The van der Waals surface area contributed by atoms with E-state index in [0.29, 0.717) is 35.8 Å². The van der Waals surface area contributed by atoms with Crippen molar-refractivity contribution in [2.75, 3.05) is 13.2 Å². The van der Waals surface area contributed by atoms with Crippen molar-refractivity contribution in [1.82, 2.24) is 34.2 Å². The van der Waals surface area contributed by atoms with Gasteiger partial charge in [0.2, 0.25) is 5.88 Å². The molecule has 4 heterocycles. The number of aryl methyl sites for hydroxylation is 1. The van der Waals surface area contributed by atoms with Crippen LogP contribution in [0.5, 0.6) is 5.88 Å². The van der Waals surface area contributed by atoms with E-state index in [1.807, 2.05) is 48.7 Å². The van der Waals surface area contributed by atoms with Gasteiger partial charge in [0.25, 0.3) is 5.91 Å². The maximum absolute atomic E-state index is 12.9. The minimum Gasteiger partial charge on any atom is -0.477 e. The van der Waals surface area contributed by atoms with Gasteiger partial charge in [-0.2, -0.15) is 5.10 Å². The molecule has 3 aliphatic rings. The van der Waals surface area contributed by atoms with Crippen molar-refractivity contribution in [3.05, 3.63) is 47.4 Å². The van der Waals surface area contributed by atoms with E-state index in [1.165, 1.54) is 25.7 Å². The molecule has 0 spiro atoms. The number of nitrogens with one attached hydrogen (secondary N) is 1. The Hall–Kier alpha value is -3.25. The van der Waals surface area contributed by atoms with Crippen LogP contribution >= 0.6 is 23.5 Å². The first-order valence-corrected chi connectivity index (χ1v) is 18.4. The number of amides is 2. The highest BCUT2D eigenvalue weighted by Gasteiger charge is 2.43. The number of likely N-dealkylation sites (tertiary alicyclic amines) is 1. The summed E-state index contributed by atoms with van der Waals surface area (Å²) >= 11 is 7.57. The molecule has 11 nitrogen and oxygen atoms in total. The first-order valence-electron chi connectivity index (χ1n) is 17.2. The fraction of sp³-hybridized carbons (Fsp3) is 0.629. The topological polar surface area (TPSA) is 116 Å². The molecule has 1 unspecified atom stereocenters. The van der Waals surface area contributed by atoms with E-state index in [-0.39, 0.29) is 28.3 Å². The fourth-order valence-electron chi connectivity index (χ4n) is 6.87. The summed E-state index contributed by atoms with van der Waals surface area (Å²) in [7, 11) is 0. The number of aromatic nitrogens is 5. The Kier molecular flexibility index (Phi) is 10.3. The molecule has 6 rings (SSSR count). The summed E-state index contributed by atoms with van der Waals surface area (Å²) in [4.78, 5) is 31.9. The number of rotatable bonds is 14. The lowest BCUT2D eigenvalue weighted by atomic mass is 9.93. The van der Waals surface area contributed by atoms with Crippen molar-refractivity contribution < 1.29 is 19.1 Å². The SMILES string of the molecule is CC(C)(C)OC(=O)N1CC(CCCn2ccc(SNC(=O)c3ccc(-n4ccc(OCCC(C5CC5)C5CC5)n4)nc3Cl)n2)CC1(C)C. The third kappa shape index (κ3) is 9.05. The van der Waals surface area contributed by atoms with E-state index in [4.69, 9.17) is 21.1 Å². The van der Waals surface area contributed by atoms with Crippen molar-refractivity contribution in [1.29, 1.82) is 0 Å². The van der Waals surface area contributed by atoms with Crippen molar-refractivity contribution in [2.45, 2.75) is 109 Å². The lowest BCUT2D eigenvalue weighted by molar-refractivity contribution is 0.0130. The molecule has 2 amide bonds. The van der Waals surface area contributed by atoms with Gasteiger partial charge in [0.05, 0.1) is 12.2 Å². The van der Waals surface area contributed by atoms with Crippen molar-refractivity contribution in [3.63, 3.8) is 0 Å². The van der Waals surface area contributed by atoms with E-state index in [9.17, 15) is 9.59 Å². The van der Waals surface area contributed by atoms with Gasteiger partial charge in [-0.1, -0.05) is 11.6 Å². The molecule has 1 saturated heterocycles.